The van der Waals surface area contributed by atoms with E-state index >= 15 is 0 Å². The van der Waals surface area contributed by atoms with Crippen LogP contribution in [0.1, 0.15) is 25.5 Å². The third kappa shape index (κ3) is 2.32. The number of benzene rings is 1. The van der Waals surface area contributed by atoms with Crippen LogP contribution in [-0.2, 0) is 9.53 Å². The SMILES string of the molecule is C[C@@H]1CN(c2cc3c(cc2Br)C(N)C(=O)N3)C[C@H](C)O1. The molecule has 1 unspecified atom stereocenters. The minimum atomic E-state index is -0.571. The largest absolute Gasteiger partial charge is 0.372 e. The topological polar surface area (TPSA) is 67.6 Å². The molecular weight excluding hydrogens is 322 g/mol. The summed E-state index contributed by atoms with van der Waals surface area (Å²) in [4.78, 5) is 13.9. The molecule has 3 atom stereocenters. The second-order valence-electron chi connectivity index (χ2n) is 5.52. The minimum absolute atomic E-state index is 0.146. The molecule has 2 aliphatic rings. The molecule has 0 aromatic heterocycles. The number of fused-ring (bicyclic) bond motifs is 1. The Morgan fingerprint density at radius 1 is 1.35 bits per heavy atom. The molecular formula is C14H18BrN3O2. The van der Waals surface area contributed by atoms with Crippen LogP contribution < -0.4 is 16.0 Å². The number of nitrogens with two attached hydrogens (primary N) is 1. The Hall–Kier alpha value is -1.11. The van der Waals surface area contributed by atoms with E-state index in [1.165, 1.54) is 0 Å². The minimum Gasteiger partial charge on any atom is -0.372 e. The van der Waals surface area contributed by atoms with Crippen molar-refractivity contribution < 1.29 is 9.53 Å². The van der Waals surface area contributed by atoms with E-state index in [1.807, 2.05) is 12.1 Å². The van der Waals surface area contributed by atoms with Gasteiger partial charge in [0.2, 0.25) is 5.91 Å². The third-order valence-corrected chi connectivity index (χ3v) is 4.39. The second-order valence-corrected chi connectivity index (χ2v) is 6.37. The molecule has 0 spiro atoms. The predicted octanol–water partition coefficient (Wildman–Crippen LogP) is 2.01. The Kier molecular flexibility index (Phi) is 3.48. The van der Waals surface area contributed by atoms with Crippen molar-refractivity contribution in [1.82, 2.24) is 0 Å². The molecule has 1 aromatic rings. The maximum atomic E-state index is 11.6. The number of nitrogens with one attached hydrogen (secondary N) is 1. The van der Waals surface area contributed by atoms with Gasteiger partial charge >= 0.3 is 0 Å². The number of hydrogen-bond donors (Lipinski definition) is 2. The summed E-state index contributed by atoms with van der Waals surface area (Å²) in [6, 6.07) is 3.37. The number of nitrogens with zero attached hydrogens (tertiary/aromatic N) is 1. The van der Waals surface area contributed by atoms with Gasteiger partial charge in [0.05, 0.1) is 17.9 Å². The van der Waals surface area contributed by atoms with Crippen LogP contribution >= 0.6 is 15.9 Å². The number of ether oxygens (including phenoxy) is 1. The Labute approximate surface area is 126 Å². The van der Waals surface area contributed by atoms with Crippen LogP contribution in [0.15, 0.2) is 16.6 Å². The zero-order valence-electron chi connectivity index (χ0n) is 11.5. The van der Waals surface area contributed by atoms with Gasteiger partial charge in [-0.1, -0.05) is 0 Å². The lowest BCUT2D eigenvalue weighted by Crippen LogP contribution is -2.45. The highest BCUT2D eigenvalue weighted by Crippen LogP contribution is 2.39. The lowest BCUT2D eigenvalue weighted by molar-refractivity contribution is -0.116. The lowest BCUT2D eigenvalue weighted by atomic mass is 10.1. The van der Waals surface area contributed by atoms with E-state index in [9.17, 15) is 4.79 Å². The summed E-state index contributed by atoms with van der Waals surface area (Å²) < 4.78 is 6.72. The van der Waals surface area contributed by atoms with Crippen molar-refractivity contribution in [3.8, 4) is 0 Å². The fraction of sp³-hybridized carbons (Fsp3) is 0.500. The van der Waals surface area contributed by atoms with E-state index in [1.54, 1.807) is 0 Å². The van der Waals surface area contributed by atoms with Gasteiger partial charge in [-0.2, -0.15) is 0 Å². The maximum Gasteiger partial charge on any atom is 0.245 e. The molecule has 0 radical (unpaired) electrons. The molecule has 2 aliphatic heterocycles. The van der Waals surface area contributed by atoms with Crippen LogP contribution in [-0.4, -0.2) is 31.2 Å². The summed E-state index contributed by atoms with van der Waals surface area (Å²) in [6.07, 6.45) is 0.381. The number of halogens is 1. The molecule has 1 saturated heterocycles. The standard InChI is InChI=1S/C14H18BrN3O2/c1-7-5-18(6-8(2)20-7)12-4-11-9(3-10(12)15)13(16)14(19)17-11/h3-4,7-8,13H,5-6,16H2,1-2H3,(H,17,19)/t7-,8+,13?. The Morgan fingerprint density at radius 2 is 2.00 bits per heavy atom. The van der Waals surface area contributed by atoms with E-state index in [-0.39, 0.29) is 18.1 Å². The first kappa shape index (κ1) is 13.9. The quantitative estimate of drug-likeness (QED) is 0.821. The van der Waals surface area contributed by atoms with E-state index < -0.39 is 6.04 Å². The number of hydrogen-bond acceptors (Lipinski definition) is 4. The van der Waals surface area contributed by atoms with Crippen molar-refractivity contribution in [2.24, 2.45) is 5.73 Å². The first-order chi connectivity index (χ1) is 9.45. The Bertz CT molecular complexity index is 554. The van der Waals surface area contributed by atoms with Crippen molar-refractivity contribution in [1.29, 1.82) is 0 Å². The van der Waals surface area contributed by atoms with Gasteiger partial charge in [0.25, 0.3) is 0 Å². The zero-order chi connectivity index (χ0) is 14.4. The maximum absolute atomic E-state index is 11.6. The summed E-state index contributed by atoms with van der Waals surface area (Å²) >= 11 is 3.60. The molecule has 20 heavy (non-hydrogen) atoms. The van der Waals surface area contributed by atoms with Crippen molar-refractivity contribution in [3.63, 3.8) is 0 Å². The Morgan fingerprint density at radius 3 is 2.65 bits per heavy atom. The van der Waals surface area contributed by atoms with Crippen LogP contribution in [0.5, 0.6) is 0 Å². The lowest BCUT2D eigenvalue weighted by Gasteiger charge is -2.37. The normalized spacial score (nSPS) is 29.3. The molecule has 5 nitrogen and oxygen atoms in total. The molecule has 1 aromatic carbocycles. The molecule has 1 fully saturated rings. The summed E-state index contributed by atoms with van der Waals surface area (Å²) in [5.74, 6) is -0.146. The summed E-state index contributed by atoms with van der Waals surface area (Å²) in [7, 11) is 0. The van der Waals surface area contributed by atoms with Gasteiger partial charge in [0.1, 0.15) is 6.04 Å². The molecule has 108 valence electrons. The van der Waals surface area contributed by atoms with Gasteiger partial charge in [0, 0.05) is 28.8 Å². The van der Waals surface area contributed by atoms with Crippen LogP contribution in [0.25, 0.3) is 0 Å². The molecule has 0 aliphatic carbocycles. The van der Waals surface area contributed by atoms with Crippen molar-refractivity contribution in [3.05, 3.63) is 22.2 Å². The fourth-order valence-corrected chi connectivity index (χ4v) is 3.52. The van der Waals surface area contributed by atoms with Crippen molar-refractivity contribution >= 4 is 33.2 Å². The summed E-state index contributed by atoms with van der Waals surface area (Å²) in [5.41, 5.74) is 8.59. The number of carbonyl (C=O) groups is 1. The number of carbonyl (C=O) groups excluding carboxylic acids is 1. The highest BCUT2D eigenvalue weighted by molar-refractivity contribution is 9.10. The highest BCUT2D eigenvalue weighted by Gasteiger charge is 2.30. The average molecular weight is 340 g/mol. The monoisotopic (exact) mass is 339 g/mol. The van der Waals surface area contributed by atoms with Gasteiger partial charge in [-0.15, -0.1) is 0 Å². The number of amides is 1. The van der Waals surface area contributed by atoms with E-state index in [0.29, 0.717) is 0 Å². The average Bonchev–Trinajstić information content (AvgIpc) is 2.63. The van der Waals surface area contributed by atoms with Crippen molar-refractivity contribution in [2.75, 3.05) is 23.3 Å². The van der Waals surface area contributed by atoms with Gasteiger partial charge < -0.3 is 20.7 Å². The highest BCUT2D eigenvalue weighted by atomic mass is 79.9. The summed E-state index contributed by atoms with van der Waals surface area (Å²) in [5, 5.41) is 2.83. The predicted molar refractivity (Wildman–Crippen MR) is 81.9 cm³/mol. The molecule has 3 N–H and O–H groups in total. The van der Waals surface area contributed by atoms with Crippen LogP contribution in [0.4, 0.5) is 11.4 Å². The van der Waals surface area contributed by atoms with Crippen LogP contribution in [0.3, 0.4) is 0 Å². The number of morpholine rings is 1. The third-order valence-electron chi connectivity index (χ3n) is 3.75. The fourth-order valence-electron chi connectivity index (χ4n) is 2.91. The molecule has 6 heteroatoms. The Balaban J connectivity index is 1.95. The van der Waals surface area contributed by atoms with Crippen molar-refractivity contribution in [2.45, 2.75) is 32.1 Å². The first-order valence-electron chi connectivity index (χ1n) is 6.76. The summed E-state index contributed by atoms with van der Waals surface area (Å²) in [6.45, 7) is 5.81. The first-order valence-corrected chi connectivity index (χ1v) is 7.55. The zero-order valence-corrected chi connectivity index (χ0v) is 13.1. The van der Waals surface area contributed by atoms with Gasteiger partial charge in [-0.05, 0) is 41.9 Å². The van der Waals surface area contributed by atoms with Gasteiger partial charge in [0.15, 0.2) is 0 Å². The second kappa shape index (κ2) is 5.02. The smallest absolute Gasteiger partial charge is 0.245 e. The number of rotatable bonds is 1. The van der Waals surface area contributed by atoms with Gasteiger partial charge in [-0.25, -0.2) is 0 Å². The number of anilines is 2. The van der Waals surface area contributed by atoms with E-state index in [0.717, 1.165) is 34.5 Å². The molecule has 1 amide bonds. The molecule has 0 bridgehead atoms. The van der Waals surface area contributed by atoms with E-state index in [2.05, 4.69) is 40.0 Å². The molecule has 3 rings (SSSR count). The molecule has 2 heterocycles. The van der Waals surface area contributed by atoms with Crippen LogP contribution in [0, 0.1) is 0 Å². The van der Waals surface area contributed by atoms with Gasteiger partial charge in [-0.3, -0.25) is 4.79 Å². The van der Waals surface area contributed by atoms with Crippen LogP contribution in [0.2, 0.25) is 0 Å². The molecule has 0 saturated carbocycles. The van der Waals surface area contributed by atoms with E-state index in [4.69, 9.17) is 10.5 Å².